The molecular formula is C11H13ClN4S. The number of thiazole rings is 1. The summed E-state index contributed by atoms with van der Waals surface area (Å²) in [7, 11) is 0. The lowest BCUT2D eigenvalue weighted by molar-refractivity contribution is 0.738. The smallest absolute Gasteiger partial charge is 0.145 e. The fourth-order valence-corrected chi connectivity index (χ4v) is 2.47. The molecule has 17 heavy (non-hydrogen) atoms. The van der Waals surface area contributed by atoms with Crippen LogP contribution in [0, 0.1) is 0 Å². The molecule has 0 saturated heterocycles. The second-order valence-corrected chi connectivity index (χ2v) is 4.91. The van der Waals surface area contributed by atoms with E-state index in [2.05, 4.69) is 22.2 Å². The van der Waals surface area contributed by atoms with Gasteiger partial charge in [0.15, 0.2) is 0 Å². The Balaban J connectivity index is 2.19. The summed E-state index contributed by atoms with van der Waals surface area (Å²) in [6, 6.07) is 1.81. The first-order valence-corrected chi connectivity index (χ1v) is 6.53. The van der Waals surface area contributed by atoms with Gasteiger partial charge in [0.2, 0.25) is 0 Å². The van der Waals surface area contributed by atoms with Crippen LogP contribution in [0.4, 0.5) is 11.5 Å². The van der Waals surface area contributed by atoms with Crippen molar-refractivity contribution in [1.29, 1.82) is 0 Å². The molecule has 1 atom stereocenters. The third-order valence-electron chi connectivity index (χ3n) is 2.33. The number of anilines is 2. The number of halogens is 1. The topological polar surface area (TPSA) is 63.8 Å². The molecule has 2 heterocycles. The highest BCUT2D eigenvalue weighted by Gasteiger charge is 2.13. The molecule has 90 valence electrons. The largest absolute Gasteiger partial charge is 0.397 e. The van der Waals surface area contributed by atoms with E-state index in [1.165, 1.54) is 0 Å². The van der Waals surface area contributed by atoms with Gasteiger partial charge in [-0.05, 0) is 12.5 Å². The maximum Gasteiger partial charge on any atom is 0.145 e. The lowest BCUT2D eigenvalue weighted by Gasteiger charge is -2.16. The number of aromatic nitrogens is 2. The normalized spacial score (nSPS) is 12.4. The maximum absolute atomic E-state index is 6.07. The molecule has 1 unspecified atom stereocenters. The molecular weight excluding hydrogens is 256 g/mol. The maximum atomic E-state index is 6.07. The summed E-state index contributed by atoms with van der Waals surface area (Å²) in [6.45, 7) is 2.09. The van der Waals surface area contributed by atoms with Crippen molar-refractivity contribution in [2.75, 3.05) is 11.1 Å². The molecule has 0 saturated carbocycles. The summed E-state index contributed by atoms with van der Waals surface area (Å²) in [6.07, 6.45) is 4.29. The molecule has 6 heteroatoms. The van der Waals surface area contributed by atoms with Crippen LogP contribution in [-0.2, 0) is 0 Å². The number of nitrogens with two attached hydrogens (primary N) is 1. The fourth-order valence-electron chi connectivity index (χ4n) is 1.47. The first-order chi connectivity index (χ1) is 8.20. The first kappa shape index (κ1) is 12.1. The molecule has 0 aliphatic carbocycles. The van der Waals surface area contributed by atoms with E-state index in [1.807, 2.05) is 5.38 Å². The predicted molar refractivity (Wildman–Crippen MR) is 72.4 cm³/mol. The zero-order valence-electron chi connectivity index (χ0n) is 9.35. The molecule has 0 aliphatic rings. The number of hydrogen-bond acceptors (Lipinski definition) is 5. The summed E-state index contributed by atoms with van der Waals surface area (Å²) in [5.74, 6) is 0.642. The Kier molecular flexibility index (Phi) is 3.81. The fraction of sp³-hybridized carbons (Fsp3) is 0.273. The number of nitrogens with zero attached hydrogens (tertiary/aromatic N) is 2. The highest BCUT2D eigenvalue weighted by atomic mass is 35.5. The molecule has 0 spiro atoms. The third kappa shape index (κ3) is 2.87. The Morgan fingerprint density at radius 1 is 1.53 bits per heavy atom. The molecule has 0 aromatic carbocycles. The van der Waals surface area contributed by atoms with Gasteiger partial charge in [-0.3, -0.25) is 0 Å². The van der Waals surface area contributed by atoms with E-state index in [4.69, 9.17) is 17.3 Å². The third-order valence-corrected chi connectivity index (χ3v) is 3.51. The van der Waals surface area contributed by atoms with E-state index >= 15 is 0 Å². The molecule has 3 N–H and O–H groups in total. The lowest BCUT2D eigenvalue weighted by Crippen LogP contribution is -2.11. The highest BCUT2D eigenvalue weighted by molar-refractivity contribution is 7.09. The van der Waals surface area contributed by atoms with E-state index in [9.17, 15) is 0 Å². The Labute approximate surface area is 109 Å². The minimum atomic E-state index is 0.128. The van der Waals surface area contributed by atoms with Gasteiger partial charge in [-0.2, -0.15) is 0 Å². The summed E-state index contributed by atoms with van der Waals surface area (Å²) in [4.78, 5) is 8.48. The van der Waals surface area contributed by atoms with Gasteiger partial charge < -0.3 is 11.1 Å². The van der Waals surface area contributed by atoms with Crippen LogP contribution in [0.2, 0.25) is 5.02 Å². The van der Waals surface area contributed by atoms with Crippen molar-refractivity contribution in [2.24, 2.45) is 0 Å². The Bertz CT molecular complexity index is 486. The monoisotopic (exact) mass is 268 g/mol. The number of hydrogen-bond donors (Lipinski definition) is 2. The Morgan fingerprint density at radius 2 is 2.35 bits per heavy atom. The van der Waals surface area contributed by atoms with E-state index < -0.39 is 0 Å². The van der Waals surface area contributed by atoms with Crippen molar-refractivity contribution in [3.8, 4) is 0 Å². The van der Waals surface area contributed by atoms with Crippen molar-refractivity contribution < 1.29 is 0 Å². The Morgan fingerprint density at radius 3 is 2.94 bits per heavy atom. The first-order valence-electron chi connectivity index (χ1n) is 5.27. The number of nitrogens with one attached hydrogen (secondary N) is 1. The van der Waals surface area contributed by atoms with Crippen LogP contribution in [0.25, 0.3) is 0 Å². The van der Waals surface area contributed by atoms with Crippen LogP contribution in [0.5, 0.6) is 0 Å². The summed E-state index contributed by atoms with van der Waals surface area (Å²) < 4.78 is 0. The summed E-state index contributed by atoms with van der Waals surface area (Å²) >= 11 is 7.68. The summed E-state index contributed by atoms with van der Waals surface area (Å²) in [5, 5.41) is 6.79. The van der Waals surface area contributed by atoms with Crippen LogP contribution < -0.4 is 11.1 Å². The SMILES string of the molecule is CCC(Nc1ncc(N)cc1Cl)c1nccs1. The quantitative estimate of drug-likeness (QED) is 0.893. The van der Waals surface area contributed by atoms with Gasteiger partial charge in [0.1, 0.15) is 10.8 Å². The Hall–Kier alpha value is -1.33. The van der Waals surface area contributed by atoms with Crippen LogP contribution in [0.1, 0.15) is 24.4 Å². The van der Waals surface area contributed by atoms with E-state index in [1.54, 1.807) is 29.8 Å². The van der Waals surface area contributed by atoms with Gasteiger partial charge in [-0.25, -0.2) is 9.97 Å². The average Bonchev–Trinajstić information content (AvgIpc) is 2.81. The standard InChI is InChI=1S/C11H13ClN4S/c1-2-9(11-14-3-4-17-11)16-10-8(12)5-7(13)6-15-10/h3-6,9H,2,13H2,1H3,(H,15,16). The molecule has 0 amide bonds. The van der Waals surface area contributed by atoms with Crippen molar-refractivity contribution in [1.82, 2.24) is 9.97 Å². The molecule has 0 fully saturated rings. The van der Waals surface area contributed by atoms with E-state index in [0.717, 1.165) is 11.4 Å². The van der Waals surface area contributed by atoms with E-state index in [-0.39, 0.29) is 6.04 Å². The molecule has 0 radical (unpaired) electrons. The lowest BCUT2D eigenvalue weighted by atomic mass is 10.2. The molecule has 4 nitrogen and oxygen atoms in total. The van der Waals surface area contributed by atoms with E-state index in [0.29, 0.717) is 16.5 Å². The minimum absolute atomic E-state index is 0.128. The van der Waals surface area contributed by atoms with Crippen LogP contribution in [-0.4, -0.2) is 9.97 Å². The van der Waals surface area contributed by atoms with Crippen molar-refractivity contribution >= 4 is 34.4 Å². The minimum Gasteiger partial charge on any atom is -0.397 e. The number of rotatable bonds is 4. The predicted octanol–water partition coefficient (Wildman–Crippen LogP) is 3.34. The van der Waals surface area contributed by atoms with Gasteiger partial charge in [-0.1, -0.05) is 18.5 Å². The second-order valence-electron chi connectivity index (χ2n) is 3.57. The number of pyridine rings is 1. The van der Waals surface area contributed by atoms with Crippen LogP contribution in [0.3, 0.4) is 0 Å². The van der Waals surface area contributed by atoms with Crippen molar-refractivity contribution in [3.05, 3.63) is 33.9 Å². The van der Waals surface area contributed by atoms with Gasteiger partial charge in [0, 0.05) is 11.6 Å². The molecule has 0 aliphatic heterocycles. The molecule has 2 aromatic heterocycles. The summed E-state index contributed by atoms with van der Waals surface area (Å²) in [5.41, 5.74) is 6.16. The van der Waals surface area contributed by atoms with Gasteiger partial charge in [0.05, 0.1) is 22.9 Å². The van der Waals surface area contributed by atoms with Crippen molar-refractivity contribution in [3.63, 3.8) is 0 Å². The van der Waals surface area contributed by atoms with Gasteiger partial charge in [0.25, 0.3) is 0 Å². The zero-order chi connectivity index (χ0) is 12.3. The average molecular weight is 269 g/mol. The zero-order valence-corrected chi connectivity index (χ0v) is 10.9. The van der Waals surface area contributed by atoms with Gasteiger partial charge >= 0.3 is 0 Å². The molecule has 2 rings (SSSR count). The molecule has 2 aromatic rings. The van der Waals surface area contributed by atoms with Crippen molar-refractivity contribution in [2.45, 2.75) is 19.4 Å². The number of nitrogen functional groups attached to an aromatic ring is 1. The highest BCUT2D eigenvalue weighted by Crippen LogP contribution is 2.28. The van der Waals surface area contributed by atoms with Gasteiger partial charge in [-0.15, -0.1) is 11.3 Å². The molecule has 0 bridgehead atoms. The van der Waals surface area contributed by atoms with Crippen LogP contribution in [0.15, 0.2) is 23.8 Å². The second kappa shape index (κ2) is 5.33. The van der Waals surface area contributed by atoms with Crippen LogP contribution >= 0.6 is 22.9 Å².